The molecule has 4 rings (SSSR count). The van der Waals surface area contributed by atoms with E-state index in [1.54, 1.807) is 29.8 Å². The molecule has 0 atom stereocenters. The molecule has 0 radical (unpaired) electrons. The molecule has 1 amide bonds. The van der Waals surface area contributed by atoms with E-state index < -0.39 is 0 Å². The highest BCUT2D eigenvalue weighted by molar-refractivity contribution is 7.98. The van der Waals surface area contributed by atoms with E-state index in [0.717, 1.165) is 40.1 Å². The summed E-state index contributed by atoms with van der Waals surface area (Å²) in [4.78, 5) is 17.4. The fourth-order valence-corrected chi connectivity index (χ4v) is 4.06. The van der Waals surface area contributed by atoms with E-state index in [0.29, 0.717) is 24.4 Å². The number of nitrogens with one attached hydrogen (secondary N) is 1. The number of carbonyl (C=O) groups is 1. The van der Waals surface area contributed by atoms with E-state index in [4.69, 9.17) is 14.1 Å². The number of hydrogen-bond acceptors (Lipinski definition) is 6. The highest BCUT2D eigenvalue weighted by Gasteiger charge is 2.15. The molecule has 0 saturated carbocycles. The van der Waals surface area contributed by atoms with Crippen molar-refractivity contribution < 1.29 is 13.9 Å². The molecule has 0 aliphatic heterocycles. The molecule has 0 spiro atoms. The summed E-state index contributed by atoms with van der Waals surface area (Å²) in [6.45, 7) is 2.60. The number of carbonyl (C=O) groups excluding carboxylic acids is 1. The van der Waals surface area contributed by atoms with Crippen LogP contribution in [0.1, 0.15) is 28.9 Å². The molecule has 170 valence electrons. The minimum Gasteiger partial charge on any atom is -0.497 e. The van der Waals surface area contributed by atoms with Crippen molar-refractivity contribution in [2.24, 2.45) is 0 Å². The molecule has 8 heteroatoms. The fourth-order valence-electron chi connectivity index (χ4n) is 3.30. The Kier molecular flexibility index (Phi) is 7.47. The van der Waals surface area contributed by atoms with Crippen molar-refractivity contribution in [3.63, 3.8) is 0 Å². The number of thioether (sulfide) groups is 1. The van der Waals surface area contributed by atoms with Crippen LogP contribution in [0, 0.1) is 0 Å². The van der Waals surface area contributed by atoms with Crippen LogP contribution in [-0.2, 0) is 12.2 Å². The van der Waals surface area contributed by atoms with Crippen molar-refractivity contribution in [1.82, 2.24) is 20.1 Å². The van der Waals surface area contributed by atoms with Crippen LogP contribution >= 0.6 is 11.8 Å². The quantitative estimate of drug-likeness (QED) is 0.342. The number of aromatic nitrogens is 3. The predicted molar refractivity (Wildman–Crippen MR) is 130 cm³/mol. The van der Waals surface area contributed by atoms with Crippen LogP contribution in [0.4, 0.5) is 0 Å². The van der Waals surface area contributed by atoms with Crippen LogP contribution in [0.2, 0.25) is 0 Å². The summed E-state index contributed by atoms with van der Waals surface area (Å²) in [6.07, 6.45) is 2.38. The largest absolute Gasteiger partial charge is 0.497 e. The summed E-state index contributed by atoms with van der Waals surface area (Å²) >= 11 is 1.72. The topological polar surface area (TPSA) is 82.2 Å². The Morgan fingerprint density at radius 1 is 1.15 bits per heavy atom. The fraction of sp³-hybridized carbons (Fsp3) is 0.240. The van der Waals surface area contributed by atoms with E-state index in [1.807, 2.05) is 67.6 Å². The number of amides is 1. The van der Waals surface area contributed by atoms with Crippen LogP contribution in [0.3, 0.4) is 0 Å². The van der Waals surface area contributed by atoms with Crippen molar-refractivity contribution in [1.29, 1.82) is 0 Å². The van der Waals surface area contributed by atoms with Gasteiger partial charge in [0.25, 0.3) is 5.91 Å². The van der Waals surface area contributed by atoms with E-state index in [9.17, 15) is 4.79 Å². The van der Waals surface area contributed by atoms with Crippen molar-refractivity contribution >= 4 is 17.7 Å². The van der Waals surface area contributed by atoms with Gasteiger partial charge in [-0.05, 0) is 48.5 Å². The summed E-state index contributed by atoms with van der Waals surface area (Å²) < 4.78 is 12.4. The molecular formula is C25H26N4O3S. The van der Waals surface area contributed by atoms with Crippen LogP contribution in [0.15, 0.2) is 71.3 Å². The van der Waals surface area contributed by atoms with Crippen molar-refractivity contribution in [2.45, 2.75) is 19.1 Å². The number of benzene rings is 2. The van der Waals surface area contributed by atoms with Gasteiger partial charge >= 0.3 is 0 Å². The highest BCUT2D eigenvalue weighted by Crippen LogP contribution is 2.24. The minimum atomic E-state index is -0.110. The maximum Gasteiger partial charge on any atom is 0.251 e. The van der Waals surface area contributed by atoms with E-state index in [1.165, 1.54) is 0 Å². The van der Waals surface area contributed by atoms with Gasteiger partial charge in [-0.15, -0.1) is 0 Å². The third-order valence-corrected chi connectivity index (χ3v) is 6.01. The van der Waals surface area contributed by atoms with E-state index in [-0.39, 0.29) is 5.91 Å². The highest BCUT2D eigenvalue weighted by atomic mass is 32.2. The lowest BCUT2D eigenvalue weighted by Crippen LogP contribution is -2.25. The van der Waals surface area contributed by atoms with Gasteiger partial charge in [-0.1, -0.05) is 19.1 Å². The number of aryl methyl sites for hydroxylation is 1. The summed E-state index contributed by atoms with van der Waals surface area (Å²) in [6, 6.07) is 19.0. The maximum atomic E-state index is 12.7. The van der Waals surface area contributed by atoms with E-state index in [2.05, 4.69) is 10.4 Å². The first-order valence-corrected chi connectivity index (χ1v) is 11.9. The smallest absolute Gasteiger partial charge is 0.251 e. The number of nitrogens with zero attached hydrogens (tertiary/aromatic N) is 3. The molecular weight excluding hydrogens is 436 g/mol. The number of methoxy groups -OCH3 is 1. The second-order valence-corrected chi connectivity index (χ2v) is 8.39. The lowest BCUT2D eigenvalue weighted by Gasteiger charge is -2.09. The molecule has 0 saturated heterocycles. The van der Waals surface area contributed by atoms with Crippen molar-refractivity contribution in [3.05, 3.63) is 84.1 Å². The Labute approximate surface area is 197 Å². The predicted octanol–water partition coefficient (Wildman–Crippen LogP) is 4.76. The molecule has 1 N–H and O–H groups in total. The minimum absolute atomic E-state index is 0.110. The van der Waals surface area contributed by atoms with Crippen molar-refractivity contribution in [2.75, 3.05) is 19.4 Å². The Morgan fingerprint density at radius 2 is 2.00 bits per heavy atom. The maximum absolute atomic E-state index is 12.7. The molecule has 0 aliphatic rings. The Balaban J connectivity index is 1.46. The average Bonchev–Trinajstić information content (AvgIpc) is 3.54. The zero-order valence-electron chi connectivity index (χ0n) is 18.7. The molecule has 2 aromatic heterocycles. The number of hydrogen-bond donors (Lipinski definition) is 1. The Hall–Kier alpha value is -3.52. The van der Waals surface area contributed by atoms with Crippen LogP contribution in [-0.4, -0.2) is 40.1 Å². The number of furan rings is 1. The van der Waals surface area contributed by atoms with Crippen LogP contribution in [0.25, 0.3) is 17.1 Å². The average molecular weight is 463 g/mol. The van der Waals surface area contributed by atoms with Crippen molar-refractivity contribution in [3.8, 4) is 22.8 Å². The first-order valence-electron chi connectivity index (χ1n) is 10.8. The third kappa shape index (κ3) is 5.64. The molecule has 0 fully saturated rings. The van der Waals surface area contributed by atoms with Gasteiger partial charge in [-0.3, -0.25) is 4.79 Å². The summed E-state index contributed by atoms with van der Waals surface area (Å²) in [5, 5.41) is 7.64. The van der Waals surface area contributed by atoms with Gasteiger partial charge in [0, 0.05) is 29.8 Å². The molecule has 7 nitrogen and oxygen atoms in total. The van der Waals surface area contributed by atoms with Gasteiger partial charge < -0.3 is 14.5 Å². The zero-order valence-corrected chi connectivity index (χ0v) is 19.5. The molecule has 4 aromatic rings. The normalized spacial score (nSPS) is 10.8. The lowest BCUT2D eigenvalue weighted by molar-refractivity contribution is 0.0956. The number of rotatable bonds is 10. The summed E-state index contributed by atoms with van der Waals surface area (Å²) in [7, 11) is 1.64. The molecule has 33 heavy (non-hydrogen) atoms. The zero-order chi connectivity index (χ0) is 23.0. The Bertz CT molecular complexity index is 1190. The molecule has 0 bridgehead atoms. The third-order valence-electron chi connectivity index (χ3n) is 5.02. The SMILES string of the molecule is CCc1nc(-c2cccc(C(=O)NCCSCc3ccco3)c2)n(-c2ccc(OC)cc2)n1. The summed E-state index contributed by atoms with van der Waals surface area (Å²) in [5.41, 5.74) is 2.30. The lowest BCUT2D eigenvalue weighted by atomic mass is 10.1. The number of ether oxygens (including phenoxy) is 1. The molecule has 2 aromatic carbocycles. The first-order chi connectivity index (χ1) is 16.2. The van der Waals surface area contributed by atoms with Crippen LogP contribution < -0.4 is 10.1 Å². The monoisotopic (exact) mass is 462 g/mol. The molecule has 0 aliphatic carbocycles. The second-order valence-electron chi connectivity index (χ2n) is 7.28. The van der Waals surface area contributed by atoms with Gasteiger partial charge in [-0.2, -0.15) is 16.9 Å². The Morgan fingerprint density at radius 3 is 2.73 bits per heavy atom. The summed E-state index contributed by atoms with van der Waals surface area (Å²) in [5.74, 6) is 4.63. The van der Waals surface area contributed by atoms with Gasteiger partial charge in [0.2, 0.25) is 0 Å². The van der Waals surface area contributed by atoms with Gasteiger partial charge in [0.05, 0.1) is 24.8 Å². The standard InChI is InChI=1S/C25H26N4O3S/c1-3-23-27-24(29(28-23)20-9-11-21(31-2)12-10-20)18-6-4-7-19(16-18)25(30)26-13-15-33-17-22-8-5-14-32-22/h4-12,14,16H,3,13,15,17H2,1-2H3,(H,26,30). The molecule has 0 unspecified atom stereocenters. The van der Waals surface area contributed by atoms with Crippen LogP contribution in [0.5, 0.6) is 5.75 Å². The van der Waals surface area contributed by atoms with Gasteiger partial charge in [0.15, 0.2) is 11.6 Å². The van der Waals surface area contributed by atoms with E-state index >= 15 is 0 Å². The van der Waals surface area contributed by atoms with Gasteiger partial charge in [0.1, 0.15) is 11.5 Å². The first kappa shape index (κ1) is 22.7. The second kappa shape index (κ2) is 10.9. The molecule has 2 heterocycles. The van der Waals surface area contributed by atoms with Gasteiger partial charge in [-0.25, -0.2) is 9.67 Å².